The number of hydrogen-bond acceptors (Lipinski definition) is 5. The van der Waals surface area contributed by atoms with Crippen LogP contribution in [0.1, 0.15) is 24.8 Å². The molecule has 1 amide bonds. The number of unbranched alkanes of at least 4 members (excludes halogenated alkanes) is 1. The summed E-state index contributed by atoms with van der Waals surface area (Å²) in [4.78, 5) is 14.5. The van der Waals surface area contributed by atoms with Crippen molar-refractivity contribution in [3.8, 4) is 0 Å². The van der Waals surface area contributed by atoms with Crippen molar-refractivity contribution in [2.24, 2.45) is 0 Å². The van der Waals surface area contributed by atoms with Crippen LogP contribution in [0.25, 0.3) is 0 Å². The lowest BCUT2D eigenvalue weighted by Crippen LogP contribution is -2.37. The van der Waals surface area contributed by atoms with Crippen molar-refractivity contribution < 1.29 is 17.9 Å². The number of morpholine rings is 1. The lowest BCUT2D eigenvalue weighted by atomic mass is 10.2. The second-order valence-electron chi connectivity index (χ2n) is 6.39. The van der Waals surface area contributed by atoms with Crippen LogP contribution in [-0.4, -0.2) is 64.4 Å². The van der Waals surface area contributed by atoms with Gasteiger partial charge in [0.2, 0.25) is 5.91 Å². The van der Waals surface area contributed by atoms with Gasteiger partial charge in [0.1, 0.15) is 0 Å². The van der Waals surface area contributed by atoms with Crippen LogP contribution < -0.4 is 5.32 Å². The number of carbonyl (C=O) groups excluding carboxylic acids is 1. The van der Waals surface area contributed by atoms with E-state index in [1.165, 1.54) is 0 Å². The summed E-state index contributed by atoms with van der Waals surface area (Å²) in [5.74, 6) is -0.363. The average Bonchev–Trinajstić information content (AvgIpc) is 2.61. The van der Waals surface area contributed by atoms with Crippen LogP contribution >= 0.6 is 0 Å². The molecule has 0 aromatic heterocycles. The smallest absolute Gasteiger partial charge is 0.221 e. The van der Waals surface area contributed by atoms with Gasteiger partial charge in [-0.05, 0) is 38.4 Å². The van der Waals surface area contributed by atoms with Crippen molar-refractivity contribution in [2.75, 3.05) is 45.1 Å². The zero-order chi connectivity index (χ0) is 18.1. The summed E-state index contributed by atoms with van der Waals surface area (Å²) in [5.41, 5.74) is 1.01. The maximum Gasteiger partial charge on any atom is 0.221 e. The molecular weight excluding hydrogens is 340 g/mol. The van der Waals surface area contributed by atoms with E-state index in [9.17, 15) is 13.2 Å². The van der Waals surface area contributed by atoms with Gasteiger partial charge in [-0.1, -0.05) is 17.7 Å². The molecule has 1 aromatic rings. The van der Waals surface area contributed by atoms with Crippen LogP contribution in [0.15, 0.2) is 29.2 Å². The van der Waals surface area contributed by atoms with E-state index in [4.69, 9.17) is 4.74 Å². The third kappa shape index (κ3) is 7.13. The van der Waals surface area contributed by atoms with Crippen molar-refractivity contribution in [1.82, 2.24) is 10.2 Å². The lowest BCUT2D eigenvalue weighted by molar-refractivity contribution is -0.120. The molecule has 0 bridgehead atoms. The molecule has 1 aliphatic heterocycles. The Kier molecular flexibility index (Phi) is 7.87. The predicted octanol–water partition coefficient (Wildman–Crippen LogP) is 1.39. The van der Waals surface area contributed by atoms with Crippen LogP contribution in [0.3, 0.4) is 0 Å². The van der Waals surface area contributed by atoms with Gasteiger partial charge in [0.25, 0.3) is 0 Å². The van der Waals surface area contributed by atoms with Crippen LogP contribution in [0.4, 0.5) is 0 Å². The van der Waals surface area contributed by atoms with E-state index in [2.05, 4.69) is 10.2 Å². The molecule has 1 aromatic carbocycles. The highest BCUT2D eigenvalue weighted by molar-refractivity contribution is 7.91. The third-order valence-electron chi connectivity index (χ3n) is 4.30. The fourth-order valence-corrected chi connectivity index (χ4v) is 3.93. The first-order valence-electron chi connectivity index (χ1n) is 8.83. The monoisotopic (exact) mass is 368 g/mol. The summed E-state index contributed by atoms with van der Waals surface area (Å²) in [5, 5.41) is 2.81. The van der Waals surface area contributed by atoms with Crippen LogP contribution in [0.5, 0.6) is 0 Å². The molecular formula is C18H28N2O4S. The SMILES string of the molecule is Cc1ccc(S(=O)(=O)CCC(=O)NCCCCN2CCOCC2)cc1. The lowest BCUT2D eigenvalue weighted by Gasteiger charge is -2.26. The van der Waals surface area contributed by atoms with E-state index in [-0.39, 0.29) is 23.0 Å². The maximum atomic E-state index is 12.2. The molecule has 0 spiro atoms. The summed E-state index contributed by atoms with van der Waals surface area (Å²) in [7, 11) is -3.40. The van der Waals surface area contributed by atoms with Crippen molar-refractivity contribution >= 4 is 15.7 Å². The third-order valence-corrected chi connectivity index (χ3v) is 6.04. The Morgan fingerprint density at radius 3 is 2.52 bits per heavy atom. The van der Waals surface area contributed by atoms with Crippen LogP contribution in [-0.2, 0) is 19.4 Å². The minimum atomic E-state index is -3.40. The highest BCUT2D eigenvalue weighted by atomic mass is 32.2. The van der Waals surface area contributed by atoms with Gasteiger partial charge in [0.15, 0.2) is 9.84 Å². The van der Waals surface area contributed by atoms with E-state index in [1.54, 1.807) is 24.3 Å². The number of benzene rings is 1. The normalized spacial score (nSPS) is 15.9. The number of hydrogen-bond donors (Lipinski definition) is 1. The van der Waals surface area contributed by atoms with Crippen molar-refractivity contribution in [2.45, 2.75) is 31.1 Å². The Bertz CT molecular complexity index is 638. The van der Waals surface area contributed by atoms with Crippen LogP contribution in [0, 0.1) is 6.92 Å². The van der Waals surface area contributed by atoms with Crippen molar-refractivity contribution in [3.63, 3.8) is 0 Å². The minimum Gasteiger partial charge on any atom is -0.379 e. The highest BCUT2D eigenvalue weighted by Gasteiger charge is 2.16. The van der Waals surface area contributed by atoms with Gasteiger partial charge in [-0.2, -0.15) is 0 Å². The van der Waals surface area contributed by atoms with Crippen molar-refractivity contribution in [1.29, 1.82) is 0 Å². The first-order chi connectivity index (χ1) is 12.0. The molecule has 0 atom stereocenters. The van der Waals surface area contributed by atoms with E-state index < -0.39 is 9.84 Å². The van der Waals surface area contributed by atoms with Gasteiger partial charge in [0.05, 0.1) is 23.9 Å². The summed E-state index contributed by atoms with van der Waals surface area (Å²) >= 11 is 0. The van der Waals surface area contributed by atoms with E-state index in [0.29, 0.717) is 6.54 Å². The molecule has 0 aliphatic carbocycles. The molecule has 7 heteroatoms. The summed E-state index contributed by atoms with van der Waals surface area (Å²) in [6.07, 6.45) is 1.91. The first-order valence-corrected chi connectivity index (χ1v) is 10.5. The number of nitrogens with zero attached hydrogens (tertiary/aromatic N) is 1. The first kappa shape index (κ1) is 19.9. The fourth-order valence-electron chi connectivity index (χ4n) is 2.69. The number of carbonyl (C=O) groups is 1. The van der Waals surface area contributed by atoms with Gasteiger partial charge in [-0.25, -0.2) is 8.42 Å². The summed E-state index contributed by atoms with van der Waals surface area (Å²) in [6, 6.07) is 6.71. The Balaban J connectivity index is 1.60. The molecule has 2 rings (SSSR count). The van der Waals surface area contributed by atoms with Gasteiger partial charge in [-0.15, -0.1) is 0 Å². The van der Waals surface area contributed by atoms with Crippen LogP contribution in [0.2, 0.25) is 0 Å². The molecule has 1 saturated heterocycles. The molecule has 1 fully saturated rings. The van der Waals surface area contributed by atoms with E-state index in [1.807, 2.05) is 6.92 Å². The van der Waals surface area contributed by atoms with Gasteiger partial charge >= 0.3 is 0 Å². The topological polar surface area (TPSA) is 75.7 Å². The molecule has 6 nitrogen and oxygen atoms in total. The van der Waals surface area contributed by atoms with Crippen molar-refractivity contribution in [3.05, 3.63) is 29.8 Å². The number of sulfone groups is 1. The number of rotatable bonds is 9. The highest BCUT2D eigenvalue weighted by Crippen LogP contribution is 2.13. The Morgan fingerprint density at radius 1 is 1.16 bits per heavy atom. The summed E-state index contributed by atoms with van der Waals surface area (Å²) < 4.78 is 29.7. The second kappa shape index (κ2) is 9.89. The predicted molar refractivity (Wildman–Crippen MR) is 97.4 cm³/mol. The molecule has 25 heavy (non-hydrogen) atoms. The van der Waals surface area contributed by atoms with Gasteiger partial charge in [0, 0.05) is 26.1 Å². The minimum absolute atomic E-state index is 0.000324. The molecule has 1 N–H and O–H groups in total. The zero-order valence-electron chi connectivity index (χ0n) is 14.9. The maximum absolute atomic E-state index is 12.2. The van der Waals surface area contributed by atoms with Gasteiger partial charge < -0.3 is 10.1 Å². The summed E-state index contributed by atoms with van der Waals surface area (Å²) in [6.45, 7) is 7.06. The Labute approximate surface area is 150 Å². The molecule has 0 unspecified atom stereocenters. The standard InChI is InChI=1S/C18H28N2O4S/c1-16-4-6-17(7-5-16)25(22,23)15-8-18(21)19-9-2-3-10-20-11-13-24-14-12-20/h4-7H,2-3,8-15H2,1H3,(H,19,21). The zero-order valence-corrected chi connectivity index (χ0v) is 15.7. The number of nitrogens with one attached hydrogen (secondary N) is 1. The number of amides is 1. The largest absolute Gasteiger partial charge is 0.379 e. The molecule has 0 radical (unpaired) electrons. The van der Waals surface area contributed by atoms with E-state index >= 15 is 0 Å². The molecule has 0 saturated carbocycles. The second-order valence-corrected chi connectivity index (χ2v) is 8.50. The van der Waals surface area contributed by atoms with E-state index in [0.717, 1.165) is 51.3 Å². The number of ether oxygens (including phenoxy) is 1. The quantitative estimate of drug-likeness (QED) is 0.667. The Hall–Kier alpha value is -1.44. The van der Waals surface area contributed by atoms with Gasteiger partial charge in [-0.3, -0.25) is 9.69 Å². The average molecular weight is 368 g/mol. The molecule has 1 heterocycles. The fraction of sp³-hybridized carbons (Fsp3) is 0.611. The Morgan fingerprint density at radius 2 is 1.84 bits per heavy atom. The molecule has 140 valence electrons. The molecule has 1 aliphatic rings. The number of aryl methyl sites for hydroxylation is 1.